The molecule has 0 bridgehead atoms. The van der Waals surface area contributed by atoms with Crippen LogP contribution in [0.1, 0.15) is 49.5 Å². The fourth-order valence-corrected chi connectivity index (χ4v) is 4.48. The van der Waals surface area contributed by atoms with Gasteiger partial charge in [-0.2, -0.15) is 4.98 Å². The molecule has 134 valence electrons. The highest BCUT2D eigenvalue weighted by molar-refractivity contribution is 7.13. The molecule has 1 aliphatic heterocycles. The summed E-state index contributed by atoms with van der Waals surface area (Å²) in [5, 5.41) is 4.85. The Bertz CT molecular complexity index is 934. The number of hydrogen-bond donors (Lipinski definition) is 0. The van der Waals surface area contributed by atoms with E-state index in [4.69, 9.17) is 4.52 Å². The summed E-state index contributed by atoms with van der Waals surface area (Å²) in [6.45, 7) is 6.82. The molecular weight excluding hydrogens is 348 g/mol. The van der Waals surface area contributed by atoms with Gasteiger partial charge in [0.1, 0.15) is 4.88 Å². The summed E-state index contributed by atoms with van der Waals surface area (Å²) >= 11 is 1.45. The smallest absolute Gasteiger partial charge is 0.265 e. The number of benzene rings is 1. The molecule has 6 nitrogen and oxygen atoms in total. The Morgan fingerprint density at radius 2 is 1.85 bits per heavy atom. The Hall–Kier alpha value is -2.54. The Morgan fingerprint density at radius 1 is 1.12 bits per heavy atom. The molecule has 26 heavy (non-hydrogen) atoms. The minimum atomic E-state index is -0.00289. The maximum absolute atomic E-state index is 13.1. The lowest BCUT2D eigenvalue weighted by Gasteiger charge is -2.16. The summed E-state index contributed by atoms with van der Waals surface area (Å²) in [4.78, 5) is 24.5. The molecule has 2 atom stereocenters. The van der Waals surface area contributed by atoms with Crippen molar-refractivity contribution in [3.63, 3.8) is 0 Å². The number of aromatic nitrogens is 3. The van der Waals surface area contributed by atoms with E-state index in [1.807, 2.05) is 43.9 Å². The van der Waals surface area contributed by atoms with Crippen LogP contribution in [0, 0.1) is 20.8 Å². The lowest BCUT2D eigenvalue weighted by Crippen LogP contribution is -2.28. The third kappa shape index (κ3) is 3.03. The summed E-state index contributed by atoms with van der Waals surface area (Å²) < 4.78 is 5.45. The van der Waals surface area contributed by atoms with Crippen LogP contribution in [0.5, 0.6) is 0 Å². The van der Waals surface area contributed by atoms with E-state index < -0.39 is 0 Å². The normalized spacial score (nSPS) is 19.9. The van der Waals surface area contributed by atoms with Gasteiger partial charge in [-0.05, 0) is 26.3 Å². The topological polar surface area (TPSA) is 72.1 Å². The SMILES string of the molecule is Cc1noc([C@@H]2CN(C(=O)c3sc(C)nc3C)C[C@@H]2c2ccccc2)n1. The predicted molar refractivity (Wildman–Crippen MR) is 98.5 cm³/mol. The Balaban J connectivity index is 1.67. The summed E-state index contributed by atoms with van der Waals surface area (Å²) in [6, 6.07) is 10.2. The van der Waals surface area contributed by atoms with Crippen LogP contribution >= 0.6 is 11.3 Å². The van der Waals surface area contributed by atoms with Crippen LogP contribution in [0.3, 0.4) is 0 Å². The van der Waals surface area contributed by atoms with Crippen molar-refractivity contribution in [1.82, 2.24) is 20.0 Å². The van der Waals surface area contributed by atoms with E-state index in [1.54, 1.807) is 0 Å². The Labute approximate surface area is 155 Å². The molecule has 1 fully saturated rings. The van der Waals surface area contributed by atoms with Crippen molar-refractivity contribution in [3.05, 3.63) is 63.2 Å². The number of hydrogen-bond acceptors (Lipinski definition) is 6. The lowest BCUT2D eigenvalue weighted by atomic mass is 9.89. The number of carbonyl (C=O) groups is 1. The van der Waals surface area contributed by atoms with E-state index >= 15 is 0 Å². The highest BCUT2D eigenvalue weighted by Gasteiger charge is 2.41. The molecule has 1 aliphatic rings. The van der Waals surface area contributed by atoms with Crippen LogP contribution in [0.4, 0.5) is 0 Å². The van der Waals surface area contributed by atoms with Crippen molar-refractivity contribution < 1.29 is 9.32 Å². The molecule has 0 N–H and O–H groups in total. The molecule has 1 amide bonds. The van der Waals surface area contributed by atoms with Gasteiger partial charge in [-0.15, -0.1) is 11.3 Å². The summed E-state index contributed by atoms with van der Waals surface area (Å²) in [6.07, 6.45) is 0. The van der Waals surface area contributed by atoms with Crippen LogP contribution in [0.25, 0.3) is 0 Å². The van der Waals surface area contributed by atoms with Gasteiger partial charge in [0.2, 0.25) is 5.89 Å². The number of thiazole rings is 1. The molecule has 7 heteroatoms. The molecule has 4 rings (SSSR count). The van der Waals surface area contributed by atoms with Crippen molar-refractivity contribution in [2.75, 3.05) is 13.1 Å². The fourth-order valence-electron chi connectivity index (χ4n) is 3.59. The van der Waals surface area contributed by atoms with Crippen molar-refractivity contribution in [2.24, 2.45) is 0 Å². The average molecular weight is 368 g/mol. The number of nitrogens with zero attached hydrogens (tertiary/aromatic N) is 4. The van der Waals surface area contributed by atoms with Crippen LogP contribution in [0.2, 0.25) is 0 Å². The third-order valence-corrected chi connectivity index (χ3v) is 5.85. The van der Waals surface area contributed by atoms with E-state index in [2.05, 4.69) is 27.3 Å². The Kier molecular flexibility index (Phi) is 4.32. The predicted octanol–water partition coefficient (Wildman–Crippen LogP) is 3.47. The van der Waals surface area contributed by atoms with Crippen molar-refractivity contribution in [3.8, 4) is 0 Å². The number of likely N-dealkylation sites (tertiary alicyclic amines) is 1. The monoisotopic (exact) mass is 368 g/mol. The first-order valence-corrected chi connectivity index (χ1v) is 9.43. The standard InChI is InChI=1S/C19H20N4O2S/c1-11-17(26-13(3)20-11)19(24)23-9-15(14-7-5-4-6-8-14)16(10-23)18-21-12(2)22-25-18/h4-8,15-16H,9-10H2,1-3H3/t15-,16-/m1/s1. The summed E-state index contributed by atoms with van der Waals surface area (Å²) in [5.74, 6) is 1.38. The number of aryl methyl sites for hydroxylation is 3. The molecule has 3 aromatic rings. The zero-order valence-electron chi connectivity index (χ0n) is 15.0. The first-order valence-electron chi connectivity index (χ1n) is 8.61. The molecule has 2 aromatic heterocycles. The van der Waals surface area contributed by atoms with Gasteiger partial charge >= 0.3 is 0 Å². The average Bonchev–Trinajstić information content (AvgIpc) is 3.33. The molecule has 0 unspecified atom stereocenters. The fraction of sp³-hybridized carbons (Fsp3) is 0.368. The van der Waals surface area contributed by atoms with E-state index in [0.29, 0.717) is 24.8 Å². The minimum Gasteiger partial charge on any atom is -0.339 e. The maximum Gasteiger partial charge on any atom is 0.265 e. The largest absolute Gasteiger partial charge is 0.339 e. The minimum absolute atomic E-state index is 0.00289. The van der Waals surface area contributed by atoms with Gasteiger partial charge < -0.3 is 9.42 Å². The summed E-state index contributed by atoms with van der Waals surface area (Å²) in [7, 11) is 0. The molecule has 1 saturated heterocycles. The van der Waals surface area contributed by atoms with Gasteiger partial charge in [0.25, 0.3) is 5.91 Å². The van der Waals surface area contributed by atoms with E-state index in [0.717, 1.165) is 15.6 Å². The van der Waals surface area contributed by atoms with Crippen molar-refractivity contribution in [2.45, 2.75) is 32.6 Å². The highest BCUT2D eigenvalue weighted by atomic mass is 32.1. The molecule has 0 aliphatic carbocycles. The number of rotatable bonds is 3. The second-order valence-electron chi connectivity index (χ2n) is 6.66. The second kappa shape index (κ2) is 6.64. The van der Waals surface area contributed by atoms with Gasteiger partial charge in [0.15, 0.2) is 5.82 Å². The first-order chi connectivity index (χ1) is 12.5. The molecular formula is C19H20N4O2S. The Morgan fingerprint density at radius 3 is 2.46 bits per heavy atom. The lowest BCUT2D eigenvalue weighted by molar-refractivity contribution is 0.0792. The summed E-state index contributed by atoms with van der Waals surface area (Å²) in [5.41, 5.74) is 1.98. The second-order valence-corrected chi connectivity index (χ2v) is 7.86. The van der Waals surface area contributed by atoms with Gasteiger partial charge in [-0.1, -0.05) is 35.5 Å². The number of amides is 1. The third-order valence-electron chi connectivity index (χ3n) is 4.79. The molecule has 3 heterocycles. The quantitative estimate of drug-likeness (QED) is 0.708. The molecule has 0 saturated carbocycles. The van der Waals surface area contributed by atoms with Crippen LogP contribution in [-0.2, 0) is 0 Å². The molecule has 0 radical (unpaired) electrons. The maximum atomic E-state index is 13.1. The van der Waals surface area contributed by atoms with Gasteiger partial charge in [-0.3, -0.25) is 4.79 Å². The molecule has 1 aromatic carbocycles. The van der Waals surface area contributed by atoms with E-state index in [9.17, 15) is 4.79 Å². The van der Waals surface area contributed by atoms with Gasteiger partial charge in [-0.25, -0.2) is 4.98 Å². The van der Waals surface area contributed by atoms with Gasteiger partial charge in [0, 0.05) is 19.0 Å². The van der Waals surface area contributed by atoms with Crippen molar-refractivity contribution >= 4 is 17.2 Å². The van der Waals surface area contributed by atoms with Crippen molar-refractivity contribution in [1.29, 1.82) is 0 Å². The first kappa shape index (κ1) is 16.9. The zero-order chi connectivity index (χ0) is 18.3. The molecule has 0 spiro atoms. The van der Waals surface area contributed by atoms with Crippen LogP contribution < -0.4 is 0 Å². The number of carbonyl (C=O) groups excluding carboxylic acids is 1. The highest BCUT2D eigenvalue weighted by Crippen LogP contribution is 2.40. The van der Waals surface area contributed by atoms with Crippen LogP contribution in [0.15, 0.2) is 34.9 Å². The van der Waals surface area contributed by atoms with Gasteiger partial charge in [0.05, 0.1) is 16.6 Å². The van der Waals surface area contributed by atoms with E-state index in [1.165, 1.54) is 16.9 Å². The zero-order valence-corrected chi connectivity index (χ0v) is 15.8. The van der Waals surface area contributed by atoms with Crippen LogP contribution in [-0.4, -0.2) is 39.0 Å². The van der Waals surface area contributed by atoms with E-state index in [-0.39, 0.29) is 17.7 Å².